The van der Waals surface area contributed by atoms with E-state index in [2.05, 4.69) is 27.4 Å². The zero-order chi connectivity index (χ0) is 16.9. The minimum absolute atomic E-state index is 0.0155. The molecule has 1 aromatic heterocycles. The molecule has 1 heterocycles. The second-order valence-corrected chi connectivity index (χ2v) is 5.80. The lowest BCUT2D eigenvalue weighted by atomic mass is 10.1. The smallest absolute Gasteiger partial charge is 0.224 e. The molecule has 1 amide bonds. The number of nitrogens with zero attached hydrogens (tertiary/aromatic N) is 1. The number of methoxy groups -OCH3 is 1. The number of benzene rings is 2. The predicted octanol–water partition coefficient (Wildman–Crippen LogP) is 2.78. The normalized spacial score (nSPS) is 10.8. The van der Waals surface area contributed by atoms with Gasteiger partial charge in [-0.1, -0.05) is 18.2 Å². The summed E-state index contributed by atoms with van der Waals surface area (Å²) < 4.78 is 5.17. The van der Waals surface area contributed by atoms with Crippen LogP contribution < -0.4 is 10.1 Å². The summed E-state index contributed by atoms with van der Waals surface area (Å²) in [5.41, 5.74) is 4.13. The Hall–Kier alpha value is -2.82. The third kappa shape index (κ3) is 3.93. The van der Waals surface area contributed by atoms with Crippen LogP contribution in [0, 0.1) is 6.92 Å². The highest BCUT2D eigenvalue weighted by molar-refractivity contribution is 5.79. The van der Waals surface area contributed by atoms with Crippen molar-refractivity contribution < 1.29 is 9.53 Å². The van der Waals surface area contributed by atoms with Crippen LogP contribution in [0.2, 0.25) is 0 Å². The maximum absolute atomic E-state index is 12.0. The highest BCUT2D eigenvalue weighted by Gasteiger charge is 2.05. The largest absolute Gasteiger partial charge is 0.497 e. The molecule has 0 radical (unpaired) electrons. The van der Waals surface area contributed by atoms with Crippen molar-refractivity contribution in [2.24, 2.45) is 0 Å². The molecule has 0 saturated heterocycles. The average Bonchev–Trinajstić information content (AvgIpc) is 2.94. The summed E-state index contributed by atoms with van der Waals surface area (Å²) >= 11 is 0. The fraction of sp³-hybridized carbons (Fsp3) is 0.263. The van der Waals surface area contributed by atoms with Crippen molar-refractivity contribution in [1.29, 1.82) is 0 Å². The van der Waals surface area contributed by atoms with Gasteiger partial charge in [-0.2, -0.15) is 0 Å². The van der Waals surface area contributed by atoms with E-state index < -0.39 is 0 Å². The van der Waals surface area contributed by atoms with Crippen molar-refractivity contribution in [3.05, 3.63) is 59.4 Å². The summed E-state index contributed by atoms with van der Waals surface area (Å²) in [5, 5.41) is 2.96. The number of hydrogen-bond donors (Lipinski definition) is 2. The van der Waals surface area contributed by atoms with E-state index in [4.69, 9.17) is 4.74 Å². The number of carbonyl (C=O) groups excluding carboxylic acids is 1. The van der Waals surface area contributed by atoms with E-state index in [0.29, 0.717) is 13.0 Å². The van der Waals surface area contributed by atoms with Crippen LogP contribution in [0.4, 0.5) is 0 Å². The van der Waals surface area contributed by atoms with Gasteiger partial charge in [0.25, 0.3) is 0 Å². The Kier molecular flexibility index (Phi) is 4.79. The van der Waals surface area contributed by atoms with Crippen LogP contribution in [-0.4, -0.2) is 29.5 Å². The van der Waals surface area contributed by atoms with Crippen molar-refractivity contribution in [3.63, 3.8) is 0 Å². The third-order valence-electron chi connectivity index (χ3n) is 3.90. The molecule has 2 N–H and O–H groups in total. The Morgan fingerprint density at radius 2 is 2.08 bits per heavy atom. The summed E-state index contributed by atoms with van der Waals surface area (Å²) in [6.07, 6.45) is 1.15. The molecule has 0 atom stereocenters. The number of amides is 1. The molecule has 0 fully saturated rings. The molecule has 5 nitrogen and oxygen atoms in total. The molecule has 0 aliphatic carbocycles. The molecule has 0 spiro atoms. The van der Waals surface area contributed by atoms with E-state index in [0.717, 1.165) is 34.6 Å². The molecule has 3 aromatic rings. The predicted molar refractivity (Wildman–Crippen MR) is 94.2 cm³/mol. The number of aromatic nitrogens is 2. The molecule has 0 saturated carbocycles. The quantitative estimate of drug-likeness (QED) is 0.733. The highest BCUT2D eigenvalue weighted by Crippen LogP contribution is 2.14. The molecule has 24 heavy (non-hydrogen) atoms. The summed E-state index contributed by atoms with van der Waals surface area (Å²) in [6, 6.07) is 13.7. The average molecular weight is 323 g/mol. The standard InChI is InChI=1S/C19H21N3O2/c1-13-21-17-7-6-14(11-18(17)22-13)8-9-20-19(23)12-15-4-3-5-16(10-15)24-2/h3-7,10-11H,8-9,12H2,1-2H3,(H,20,23)(H,21,22). The second kappa shape index (κ2) is 7.17. The highest BCUT2D eigenvalue weighted by atomic mass is 16.5. The van der Waals surface area contributed by atoms with Gasteiger partial charge in [-0.05, 0) is 48.7 Å². The third-order valence-corrected chi connectivity index (χ3v) is 3.90. The maximum Gasteiger partial charge on any atom is 0.224 e. The lowest BCUT2D eigenvalue weighted by Gasteiger charge is -2.07. The van der Waals surface area contributed by atoms with Gasteiger partial charge in [-0.3, -0.25) is 4.79 Å². The zero-order valence-corrected chi connectivity index (χ0v) is 13.9. The number of aromatic amines is 1. The van der Waals surface area contributed by atoms with E-state index in [9.17, 15) is 4.79 Å². The Labute approximate surface area is 141 Å². The summed E-state index contributed by atoms with van der Waals surface area (Å²) in [7, 11) is 1.62. The van der Waals surface area contributed by atoms with Gasteiger partial charge >= 0.3 is 0 Å². The molecule has 124 valence electrons. The molecule has 5 heteroatoms. The van der Waals surface area contributed by atoms with E-state index in [1.54, 1.807) is 7.11 Å². The first-order valence-electron chi connectivity index (χ1n) is 7.99. The lowest BCUT2D eigenvalue weighted by Crippen LogP contribution is -2.27. The maximum atomic E-state index is 12.0. The molecule has 0 aliphatic rings. The lowest BCUT2D eigenvalue weighted by molar-refractivity contribution is -0.120. The van der Waals surface area contributed by atoms with Crippen molar-refractivity contribution >= 4 is 16.9 Å². The summed E-state index contributed by atoms with van der Waals surface area (Å²) in [6.45, 7) is 2.56. The van der Waals surface area contributed by atoms with E-state index in [-0.39, 0.29) is 5.91 Å². The number of aryl methyl sites for hydroxylation is 1. The van der Waals surface area contributed by atoms with Crippen LogP contribution in [0.15, 0.2) is 42.5 Å². The van der Waals surface area contributed by atoms with Gasteiger partial charge in [0.2, 0.25) is 5.91 Å². The topological polar surface area (TPSA) is 67.0 Å². The van der Waals surface area contributed by atoms with Crippen LogP contribution in [-0.2, 0) is 17.6 Å². The number of imidazole rings is 1. The van der Waals surface area contributed by atoms with Gasteiger partial charge in [0.15, 0.2) is 0 Å². The monoisotopic (exact) mass is 323 g/mol. The van der Waals surface area contributed by atoms with Crippen LogP contribution in [0.25, 0.3) is 11.0 Å². The van der Waals surface area contributed by atoms with Gasteiger partial charge in [-0.25, -0.2) is 4.98 Å². The molecular formula is C19H21N3O2. The number of H-pyrrole nitrogens is 1. The molecular weight excluding hydrogens is 302 g/mol. The fourth-order valence-electron chi connectivity index (χ4n) is 2.72. The van der Waals surface area contributed by atoms with Gasteiger partial charge < -0.3 is 15.0 Å². The number of hydrogen-bond acceptors (Lipinski definition) is 3. The minimum Gasteiger partial charge on any atom is -0.497 e. The number of carbonyl (C=O) groups is 1. The van der Waals surface area contributed by atoms with Crippen LogP contribution in [0.1, 0.15) is 17.0 Å². The van der Waals surface area contributed by atoms with Crippen molar-refractivity contribution in [2.75, 3.05) is 13.7 Å². The Balaban J connectivity index is 1.52. The molecule has 0 unspecified atom stereocenters. The van der Waals surface area contributed by atoms with E-state index in [1.807, 2.05) is 37.3 Å². The summed E-state index contributed by atoms with van der Waals surface area (Å²) in [4.78, 5) is 19.7. The zero-order valence-electron chi connectivity index (χ0n) is 13.9. The number of rotatable bonds is 6. The number of nitrogens with one attached hydrogen (secondary N) is 2. The van der Waals surface area contributed by atoms with Gasteiger partial charge in [0.1, 0.15) is 11.6 Å². The van der Waals surface area contributed by atoms with Crippen LogP contribution in [0.3, 0.4) is 0 Å². The van der Waals surface area contributed by atoms with Crippen LogP contribution in [0.5, 0.6) is 5.75 Å². The first-order chi connectivity index (χ1) is 11.6. The van der Waals surface area contributed by atoms with E-state index in [1.165, 1.54) is 5.56 Å². The van der Waals surface area contributed by atoms with Gasteiger partial charge in [0, 0.05) is 6.54 Å². The van der Waals surface area contributed by atoms with Gasteiger partial charge in [-0.15, -0.1) is 0 Å². The fourth-order valence-corrected chi connectivity index (χ4v) is 2.72. The first kappa shape index (κ1) is 16.1. The summed E-state index contributed by atoms with van der Waals surface area (Å²) in [5.74, 6) is 1.69. The molecule has 0 aliphatic heterocycles. The number of ether oxygens (including phenoxy) is 1. The Morgan fingerprint density at radius 3 is 2.92 bits per heavy atom. The molecule has 2 aromatic carbocycles. The van der Waals surface area contributed by atoms with Crippen molar-refractivity contribution in [3.8, 4) is 5.75 Å². The first-order valence-corrected chi connectivity index (χ1v) is 7.99. The SMILES string of the molecule is COc1cccc(CC(=O)NCCc2ccc3nc(C)[nH]c3c2)c1. The Morgan fingerprint density at radius 1 is 1.21 bits per heavy atom. The second-order valence-electron chi connectivity index (χ2n) is 5.80. The van der Waals surface area contributed by atoms with Crippen molar-refractivity contribution in [2.45, 2.75) is 19.8 Å². The van der Waals surface area contributed by atoms with E-state index >= 15 is 0 Å². The van der Waals surface area contributed by atoms with Crippen molar-refractivity contribution in [1.82, 2.24) is 15.3 Å². The Bertz CT molecular complexity index is 855. The van der Waals surface area contributed by atoms with Gasteiger partial charge in [0.05, 0.1) is 24.6 Å². The molecule has 3 rings (SSSR count). The number of fused-ring (bicyclic) bond motifs is 1. The molecule has 0 bridgehead atoms. The van der Waals surface area contributed by atoms with Crippen LogP contribution >= 0.6 is 0 Å². The minimum atomic E-state index is 0.0155.